The highest BCUT2D eigenvalue weighted by molar-refractivity contribution is 6.13. The van der Waals surface area contributed by atoms with Crippen molar-refractivity contribution in [3.8, 4) is 45.5 Å². The zero-order chi connectivity index (χ0) is 37.5. The average molecular weight is 730 g/mol. The van der Waals surface area contributed by atoms with Crippen molar-refractivity contribution >= 4 is 65.6 Å². The molecule has 0 saturated heterocycles. The summed E-state index contributed by atoms with van der Waals surface area (Å²) in [6.45, 7) is 0. The summed E-state index contributed by atoms with van der Waals surface area (Å²) in [5.74, 6) is 1.71. The molecule has 12 rings (SSSR count). The highest BCUT2D eigenvalue weighted by Gasteiger charge is 2.21. The number of benzene rings is 8. The first kappa shape index (κ1) is 31.5. The molecule has 0 aliphatic carbocycles. The van der Waals surface area contributed by atoms with Gasteiger partial charge in [0, 0.05) is 37.9 Å². The molecule has 0 unspecified atom stereocenters. The maximum atomic E-state index is 6.19. The van der Waals surface area contributed by atoms with Crippen LogP contribution in [0.4, 0.5) is 0 Å². The smallest absolute Gasteiger partial charge is 0.240 e. The molecular formula is C51H31N5O. The topological polar surface area (TPSA) is 61.7 Å². The Bertz CT molecular complexity index is 3300. The van der Waals surface area contributed by atoms with E-state index in [4.69, 9.17) is 19.4 Å². The van der Waals surface area contributed by atoms with E-state index in [0.29, 0.717) is 17.7 Å². The maximum Gasteiger partial charge on any atom is 0.240 e. The van der Waals surface area contributed by atoms with Crippen LogP contribution in [0.1, 0.15) is 0 Å². The minimum absolute atomic E-state index is 0.560. The molecule has 57 heavy (non-hydrogen) atoms. The van der Waals surface area contributed by atoms with Gasteiger partial charge in [-0.25, -0.2) is 0 Å². The van der Waals surface area contributed by atoms with Crippen molar-refractivity contribution in [2.75, 3.05) is 0 Å². The van der Waals surface area contributed by atoms with E-state index in [2.05, 4.69) is 179 Å². The van der Waals surface area contributed by atoms with E-state index < -0.39 is 0 Å². The number of nitrogens with zero attached hydrogens (tertiary/aromatic N) is 5. The van der Waals surface area contributed by atoms with Gasteiger partial charge in [-0.05, 0) is 64.7 Å². The van der Waals surface area contributed by atoms with Crippen LogP contribution in [-0.4, -0.2) is 24.1 Å². The van der Waals surface area contributed by atoms with Gasteiger partial charge in [-0.1, -0.05) is 146 Å². The van der Waals surface area contributed by atoms with Crippen molar-refractivity contribution in [3.05, 3.63) is 188 Å². The molecule has 8 aromatic carbocycles. The fraction of sp³-hybridized carbons (Fsp3) is 0. The number of hydrogen-bond acceptors (Lipinski definition) is 4. The van der Waals surface area contributed by atoms with Crippen molar-refractivity contribution in [2.45, 2.75) is 0 Å². The van der Waals surface area contributed by atoms with E-state index in [1.165, 1.54) is 0 Å². The third-order valence-corrected chi connectivity index (χ3v) is 11.2. The second kappa shape index (κ2) is 12.3. The van der Waals surface area contributed by atoms with Gasteiger partial charge in [-0.3, -0.25) is 9.13 Å². The molecule has 0 amide bonds. The molecule has 6 nitrogen and oxygen atoms in total. The van der Waals surface area contributed by atoms with E-state index in [9.17, 15) is 0 Å². The summed E-state index contributed by atoms with van der Waals surface area (Å²) in [6.07, 6.45) is 0. The standard InChI is InChI=1S/C51H31N5O/c1-6-21-42-37(15-1)38-16-2-7-22-43(38)55(42)50-52-49(53-51(54-50)56-44-23-8-3-17-39(44)40-18-4-9-24-45(40)56)35-14-11-13-34(31-35)32-27-29-33(30-28-32)36-20-12-26-47-48(36)41-19-5-10-25-46(41)57-47/h1-31H. The van der Waals surface area contributed by atoms with Crippen LogP contribution in [0.3, 0.4) is 0 Å². The Labute approximate surface area is 326 Å². The summed E-state index contributed by atoms with van der Waals surface area (Å²) in [5, 5.41) is 6.85. The fourth-order valence-electron chi connectivity index (χ4n) is 8.65. The molecule has 0 saturated carbocycles. The SMILES string of the molecule is c1cc(-c2ccc(-c3cccc4oc5ccccc5c34)cc2)cc(-c2nc(-n3c4ccccc4c4ccccc43)nc(-n3c4ccccc4c4ccccc43)n2)c1. The molecule has 12 aromatic rings. The Hall–Kier alpha value is -7.83. The lowest BCUT2D eigenvalue weighted by atomic mass is 9.96. The number of fused-ring (bicyclic) bond motifs is 9. The van der Waals surface area contributed by atoms with E-state index in [-0.39, 0.29) is 0 Å². The minimum Gasteiger partial charge on any atom is -0.456 e. The monoisotopic (exact) mass is 729 g/mol. The second-order valence-electron chi connectivity index (χ2n) is 14.4. The number of furan rings is 1. The van der Waals surface area contributed by atoms with Crippen molar-refractivity contribution in [2.24, 2.45) is 0 Å². The first-order valence-electron chi connectivity index (χ1n) is 19.1. The molecular weight excluding hydrogens is 699 g/mol. The second-order valence-corrected chi connectivity index (χ2v) is 14.4. The molecule has 0 N–H and O–H groups in total. The summed E-state index contributed by atoms with van der Waals surface area (Å²) in [7, 11) is 0. The van der Waals surface area contributed by atoms with Crippen LogP contribution in [0, 0.1) is 0 Å². The third-order valence-electron chi connectivity index (χ3n) is 11.2. The largest absolute Gasteiger partial charge is 0.456 e. The summed E-state index contributed by atoms with van der Waals surface area (Å²) in [4.78, 5) is 15.8. The Balaban J connectivity index is 1.03. The lowest BCUT2D eigenvalue weighted by Crippen LogP contribution is -2.10. The van der Waals surface area contributed by atoms with Crippen molar-refractivity contribution < 1.29 is 4.42 Å². The summed E-state index contributed by atoms with van der Waals surface area (Å²) >= 11 is 0. The van der Waals surface area contributed by atoms with Gasteiger partial charge in [0.1, 0.15) is 11.2 Å². The van der Waals surface area contributed by atoms with Gasteiger partial charge in [0.15, 0.2) is 5.82 Å². The van der Waals surface area contributed by atoms with Crippen LogP contribution in [0.15, 0.2) is 192 Å². The van der Waals surface area contributed by atoms with Crippen LogP contribution in [-0.2, 0) is 0 Å². The van der Waals surface area contributed by atoms with Crippen molar-refractivity contribution in [3.63, 3.8) is 0 Å². The number of para-hydroxylation sites is 5. The molecule has 0 radical (unpaired) electrons. The van der Waals surface area contributed by atoms with Gasteiger partial charge in [0.2, 0.25) is 11.9 Å². The van der Waals surface area contributed by atoms with Gasteiger partial charge in [0.25, 0.3) is 0 Å². The molecule has 0 fully saturated rings. The minimum atomic E-state index is 0.560. The molecule has 0 spiro atoms. The summed E-state index contributed by atoms with van der Waals surface area (Å²) in [6, 6.07) is 65.6. The molecule has 4 heterocycles. The average Bonchev–Trinajstić information content (AvgIpc) is 3.94. The van der Waals surface area contributed by atoms with Crippen LogP contribution >= 0.6 is 0 Å². The highest BCUT2D eigenvalue weighted by Crippen LogP contribution is 2.38. The summed E-state index contributed by atoms with van der Waals surface area (Å²) < 4.78 is 10.5. The predicted molar refractivity (Wildman–Crippen MR) is 232 cm³/mol. The van der Waals surface area contributed by atoms with Gasteiger partial charge in [0.05, 0.1) is 22.1 Å². The molecule has 0 aliphatic rings. The molecule has 0 bridgehead atoms. The highest BCUT2D eigenvalue weighted by atomic mass is 16.3. The lowest BCUT2D eigenvalue weighted by Gasteiger charge is -2.13. The molecule has 266 valence electrons. The third kappa shape index (κ3) is 4.87. The van der Waals surface area contributed by atoms with Crippen molar-refractivity contribution in [1.29, 1.82) is 0 Å². The van der Waals surface area contributed by atoms with Crippen molar-refractivity contribution in [1.82, 2.24) is 24.1 Å². The molecule has 6 heteroatoms. The number of aromatic nitrogens is 5. The zero-order valence-electron chi connectivity index (χ0n) is 30.5. The van der Waals surface area contributed by atoms with Gasteiger partial charge in [-0.15, -0.1) is 0 Å². The Kier molecular flexibility index (Phi) is 6.83. The molecule has 0 atom stereocenters. The Morgan fingerprint density at radius 3 is 1.37 bits per heavy atom. The van der Waals surface area contributed by atoms with Gasteiger partial charge >= 0.3 is 0 Å². The quantitative estimate of drug-likeness (QED) is 0.177. The summed E-state index contributed by atoms with van der Waals surface area (Å²) in [5.41, 5.74) is 11.3. The lowest BCUT2D eigenvalue weighted by molar-refractivity contribution is 0.669. The normalized spacial score (nSPS) is 11.9. The molecule has 4 aromatic heterocycles. The van der Waals surface area contributed by atoms with Gasteiger partial charge in [-0.2, -0.15) is 15.0 Å². The van der Waals surface area contributed by atoms with E-state index in [1.54, 1.807) is 0 Å². The first-order chi connectivity index (χ1) is 28.3. The van der Waals surface area contributed by atoms with E-state index in [0.717, 1.165) is 93.4 Å². The van der Waals surface area contributed by atoms with Crippen LogP contribution in [0.25, 0.3) is 111 Å². The van der Waals surface area contributed by atoms with Crippen LogP contribution in [0.5, 0.6) is 0 Å². The molecule has 0 aliphatic heterocycles. The van der Waals surface area contributed by atoms with Crippen LogP contribution in [0.2, 0.25) is 0 Å². The van der Waals surface area contributed by atoms with Gasteiger partial charge < -0.3 is 4.42 Å². The zero-order valence-corrected chi connectivity index (χ0v) is 30.5. The number of hydrogen-bond donors (Lipinski definition) is 0. The number of rotatable bonds is 5. The Morgan fingerprint density at radius 1 is 0.333 bits per heavy atom. The predicted octanol–water partition coefficient (Wildman–Crippen LogP) is 13.0. The van der Waals surface area contributed by atoms with E-state index >= 15 is 0 Å². The van der Waals surface area contributed by atoms with E-state index in [1.807, 2.05) is 18.2 Å². The van der Waals surface area contributed by atoms with Crippen LogP contribution < -0.4 is 0 Å². The Morgan fingerprint density at radius 2 is 0.789 bits per heavy atom. The fourth-order valence-corrected chi connectivity index (χ4v) is 8.65. The maximum absolute atomic E-state index is 6.19. The first-order valence-corrected chi connectivity index (χ1v) is 19.1.